The third kappa shape index (κ3) is 2.93. The summed E-state index contributed by atoms with van der Waals surface area (Å²) in [6.07, 6.45) is 0.871. The van der Waals surface area contributed by atoms with Crippen LogP contribution in [0.2, 0.25) is 0 Å². The number of amides is 1. The van der Waals surface area contributed by atoms with Gasteiger partial charge in [-0.25, -0.2) is 4.98 Å². The van der Waals surface area contributed by atoms with E-state index in [1.807, 2.05) is 13.8 Å². The number of nitrogens with one attached hydrogen (secondary N) is 1. The molecule has 2 atom stereocenters. The summed E-state index contributed by atoms with van der Waals surface area (Å²) in [7, 11) is 0. The first kappa shape index (κ1) is 13.5. The van der Waals surface area contributed by atoms with Crippen LogP contribution in [0, 0.1) is 12.8 Å². The fraction of sp³-hybridized carbons (Fsp3) is 0.429. The van der Waals surface area contributed by atoms with Crippen molar-refractivity contribution in [3.05, 3.63) is 24.1 Å². The van der Waals surface area contributed by atoms with Gasteiger partial charge < -0.3 is 15.5 Å². The third-order valence-corrected chi connectivity index (χ3v) is 3.32. The largest absolute Gasteiger partial charge is 0.441 e. The molecule has 1 heterocycles. The minimum atomic E-state index is -0.500. The van der Waals surface area contributed by atoms with Gasteiger partial charge in [-0.1, -0.05) is 20.3 Å². The van der Waals surface area contributed by atoms with Crippen molar-refractivity contribution in [3.8, 4) is 0 Å². The first-order chi connectivity index (χ1) is 9.01. The van der Waals surface area contributed by atoms with Gasteiger partial charge in [0.15, 0.2) is 11.5 Å². The highest BCUT2D eigenvalue weighted by molar-refractivity contribution is 5.96. The molecule has 1 amide bonds. The van der Waals surface area contributed by atoms with E-state index in [1.54, 1.807) is 25.1 Å². The van der Waals surface area contributed by atoms with E-state index in [2.05, 4.69) is 10.3 Å². The fourth-order valence-electron chi connectivity index (χ4n) is 1.86. The first-order valence-electron chi connectivity index (χ1n) is 6.45. The Morgan fingerprint density at radius 3 is 2.95 bits per heavy atom. The van der Waals surface area contributed by atoms with Crippen molar-refractivity contribution in [1.82, 2.24) is 4.98 Å². The van der Waals surface area contributed by atoms with Crippen molar-refractivity contribution < 1.29 is 9.21 Å². The van der Waals surface area contributed by atoms with E-state index >= 15 is 0 Å². The SMILES string of the molecule is CCC(C)[C@H](N)C(=O)Nc1ccc2oc(C)nc2c1. The number of benzene rings is 1. The quantitative estimate of drug-likeness (QED) is 0.885. The molecule has 1 aromatic carbocycles. The molecular weight excluding hydrogens is 242 g/mol. The number of aryl methyl sites for hydroxylation is 1. The molecule has 0 spiro atoms. The Kier molecular flexibility index (Phi) is 3.85. The highest BCUT2D eigenvalue weighted by Gasteiger charge is 2.19. The highest BCUT2D eigenvalue weighted by Crippen LogP contribution is 2.20. The molecule has 0 fully saturated rings. The molecule has 0 saturated heterocycles. The van der Waals surface area contributed by atoms with Crippen molar-refractivity contribution in [2.24, 2.45) is 11.7 Å². The number of carbonyl (C=O) groups is 1. The van der Waals surface area contributed by atoms with E-state index in [4.69, 9.17) is 10.2 Å². The number of nitrogens with two attached hydrogens (primary N) is 1. The number of fused-ring (bicyclic) bond motifs is 1. The van der Waals surface area contributed by atoms with Crippen LogP contribution in [0.3, 0.4) is 0 Å². The number of rotatable bonds is 4. The lowest BCUT2D eigenvalue weighted by Crippen LogP contribution is -2.40. The average molecular weight is 261 g/mol. The van der Waals surface area contributed by atoms with Crippen LogP contribution >= 0.6 is 0 Å². The molecule has 5 nitrogen and oxygen atoms in total. The zero-order valence-electron chi connectivity index (χ0n) is 11.4. The van der Waals surface area contributed by atoms with Gasteiger partial charge in [0.1, 0.15) is 5.52 Å². The molecular formula is C14H19N3O2. The van der Waals surface area contributed by atoms with E-state index in [0.29, 0.717) is 17.2 Å². The minimum absolute atomic E-state index is 0.151. The molecule has 5 heteroatoms. The molecule has 0 saturated carbocycles. The van der Waals surface area contributed by atoms with Crippen LogP contribution in [0.15, 0.2) is 22.6 Å². The van der Waals surface area contributed by atoms with E-state index in [1.165, 1.54) is 0 Å². The zero-order chi connectivity index (χ0) is 14.0. The molecule has 0 aliphatic heterocycles. The summed E-state index contributed by atoms with van der Waals surface area (Å²) >= 11 is 0. The van der Waals surface area contributed by atoms with Crippen LogP contribution in [0.25, 0.3) is 11.1 Å². The van der Waals surface area contributed by atoms with E-state index in [0.717, 1.165) is 11.9 Å². The van der Waals surface area contributed by atoms with E-state index in [-0.39, 0.29) is 11.8 Å². The second-order valence-electron chi connectivity index (χ2n) is 4.82. The molecule has 2 aromatic rings. The Morgan fingerprint density at radius 2 is 2.26 bits per heavy atom. The van der Waals surface area contributed by atoms with Crippen LogP contribution in [0.4, 0.5) is 5.69 Å². The number of nitrogens with zero attached hydrogens (tertiary/aromatic N) is 1. The molecule has 19 heavy (non-hydrogen) atoms. The monoisotopic (exact) mass is 261 g/mol. The molecule has 0 bridgehead atoms. The van der Waals surface area contributed by atoms with Crippen molar-refractivity contribution in [3.63, 3.8) is 0 Å². The molecule has 0 aliphatic rings. The van der Waals surface area contributed by atoms with Gasteiger partial charge in [-0.3, -0.25) is 4.79 Å². The Morgan fingerprint density at radius 1 is 1.53 bits per heavy atom. The van der Waals surface area contributed by atoms with Crippen molar-refractivity contribution in [1.29, 1.82) is 0 Å². The smallest absolute Gasteiger partial charge is 0.241 e. The summed E-state index contributed by atoms with van der Waals surface area (Å²) in [5.74, 6) is 0.585. The summed E-state index contributed by atoms with van der Waals surface area (Å²) in [5, 5.41) is 2.81. The number of aromatic nitrogens is 1. The van der Waals surface area contributed by atoms with Gasteiger partial charge in [-0.15, -0.1) is 0 Å². The van der Waals surface area contributed by atoms with Crippen molar-refractivity contribution >= 4 is 22.7 Å². The molecule has 2 rings (SSSR count). The molecule has 0 radical (unpaired) electrons. The van der Waals surface area contributed by atoms with Gasteiger partial charge in [0.2, 0.25) is 5.91 Å². The summed E-state index contributed by atoms with van der Waals surface area (Å²) in [6, 6.07) is 4.86. The average Bonchev–Trinajstić information content (AvgIpc) is 2.76. The highest BCUT2D eigenvalue weighted by atomic mass is 16.3. The van der Waals surface area contributed by atoms with Gasteiger partial charge in [-0.05, 0) is 24.1 Å². The molecule has 1 aromatic heterocycles. The summed E-state index contributed by atoms with van der Waals surface area (Å²) in [4.78, 5) is 16.2. The predicted octanol–water partition coefficient (Wildman–Crippen LogP) is 2.45. The van der Waals surface area contributed by atoms with E-state index in [9.17, 15) is 4.79 Å². The molecule has 3 N–H and O–H groups in total. The third-order valence-electron chi connectivity index (χ3n) is 3.32. The van der Waals surface area contributed by atoms with E-state index < -0.39 is 6.04 Å². The first-order valence-corrected chi connectivity index (χ1v) is 6.45. The molecule has 0 aliphatic carbocycles. The number of anilines is 1. The van der Waals surface area contributed by atoms with Gasteiger partial charge in [0.05, 0.1) is 6.04 Å². The minimum Gasteiger partial charge on any atom is -0.441 e. The van der Waals surface area contributed by atoms with Crippen LogP contribution in [0.5, 0.6) is 0 Å². The van der Waals surface area contributed by atoms with Crippen molar-refractivity contribution in [2.45, 2.75) is 33.2 Å². The number of hydrogen-bond donors (Lipinski definition) is 2. The molecule has 102 valence electrons. The standard InChI is InChI=1S/C14H19N3O2/c1-4-8(2)13(15)14(18)17-10-5-6-12-11(7-10)16-9(3)19-12/h5-8,13H,4,15H2,1-3H3,(H,17,18)/t8?,13-/m0/s1. The lowest BCUT2D eigenvalue weighted by atomic mass is 9.99. The van der Waals surface area contributed by atoms with Crippen molar-refractivity contribution in [2.75, 3.05) is 5.32 Å². The molecule has 1 unspecified atom stereocenters. The lowest BCUT2D eigenvalue weighted by molar-refractivity contribution is -0.118. The maximum absolute atomic E-state index is 12.0. The van der Waals surface area contributed by atoms with Crippen LogP contribution in [-0.2, 0) is 4.79 Å². The normalized spacial score (nSPS) is 14.3. The van der Waals surface area contributed by atoms with Crippen LogP contribution in [0.1, 0.15) is 26.2 Å². The Labute approximate surface area is 112 Å². The Balaban J connectivity index is 2.14. The summed E-state index contributed by atoms with van der Waals surface area (Å²) < 4.78 is 5.38. The van der Waals surface area contributed by atoms with Crippen LogP contribution in [-0.4, -0.2) is 16.9 Å². The second kappa shape index (κ2) is 5.40. The summed E-state index contributed by atoms with van der Waals surface area (Å²) in [6.45, 7) is 5.77. The number of carbonyl (C=O) groups excluding carboxylic acids is 1. The Bertz CT molecular complexity index is 591. The topological polar surface area (TPSA) is 81.2 Å². The van der Waals surface area contributed by atoms with Gasteiger partial charge in [-0.2, -0.15) is 0 Å². The number of hydrogen-bond acceptors (Lipinski definition) is 4. The van der Waals surface area contributed by atoms with Gasteiger partial charge >= 0.3 is 0 Å². The lowest BCUT2D eigenvalue weighted by Gasteiger charge is -2.17. The maximum Gasteiger partial charge on any atom is 0.241 e. The predicted molar refractivity (Wildman–Crippen MR) is 74.8 cm³/mol. The van der Waals surface area contributed by atoms with Gasteiger partial charge in [0, 0.05) is 12.6 Å². The Hall–Kier alpha value is -1.88. The second-order valence-corrected chi connectivity index (χ2v) is 4.82. The number of oxazole rings is 1. The zero-order valence-corrected chi connectivity index (χ0v) is 11.4. The van der Waals surface area contributed by atoms with Gasteiger partial charge in [0.25, 0.3) is 0 Å². The fourth-order valence-corrected chi connectivity index (χ4v) is 1.86. The van der Waals surface area contributed by atoms with Crippen LogP contribution < -0.4 is 11.1 Å². The summed E-state index contributed by atoms with van der Waals surface area (Å²) in [5.41, 5.74) is 8.01. The maximum atomic E-state index is 12.0.